The van der Waals surface area contributed by atoms with E-state index < -0.39 is 0 Å². The average Bonchev–Trinajstić information content (AvgIpc) is 3.25. The first-order chi connectivity index (χ1) is 11.1. The molecule has 2 aliphatic rings. The largest absolute Gasteiger partial charge is 0.354 e. The monoisotopic (exact) mass is 378 g/mol. The third-order valence-electron chi connectivity index (χ3n) is 4.90. The number of hydrogen-bond acceptors (Lipinski definition) is 2. The molecule has 2 fully saturated rings. The molecule has 1 saturated heterocycles. The maximum absolute atomic E-state index is 4.37. The summed E-state index contributed by atoms with van der Waals surface area (Å²) in [6, 6.07) is 9.82. The Morgan fingerprint density at radius 3 is 2.43 bits per heavy atom. The van der Waals surface area contributed by atoms with E-state index in [0.717, 1.165) is 36.0 Å². The van der Waals surface area contributed by atoms with Crippen LogP contribution in [0, 0.1) is 5.92 Å². The molecule has 1 aliphatic carbocycles. The highest BCUT2D eigenvalue weighted by atomic mass is 79.9. The van der Waals surface area contributed by atoms with Crippen molar-refractivity contribution in [1.29, 1.82) is 0 Å². The van der Waals surface area contributed by atoms with Gasteiger partial charge in [-0.2, -0.15) is 0 Å². The second-order valence-electron chi connectivity index (χ2n) is 6.86. The van der Waals surface area contributed by atoms with Crippen molar-refractivity contribution in [1.82, 2.24) is 15.5 Å². The molecule has 2 unspecified atom stereocenters. The average molecular weight is 379 g/mol. The molecule has 0 bridgehead atoms. The van der Waals surface area contributed by atoms with E-state index in [2.05, 4.69) is 67.6 Å². The van der Waals surface area contributed by atoms with Crippen LogP contribution >= 0.6 is 15.9 Å². The number of likely N-dealkylation sites (tertiary alicyclic amines) is 1. The minimum Gasteiger partial charge on any atom is -0.354 e. The molecular formula is C18H27BrN4. The summed E-state index contributed by atoms with van der Waals surface area (Å²) >= 11 is 3.49. The van der Waals surface area contributed by atoms with Gasteiger partial charge in [-0.3, -0.25) is 9.89 Å². The van der Waals surface area contributed by atoms with Gasteiger partial charge in [-0.05, 0) is 42.9 Å². The van der Waals surface area contributed by atoms with Crippen molar-refractivity contribution in [3.05, 3.63) is 34.3 Å². The molecule has 1 aliphatic heterocycles. The van der Waals surface area contributed by atoms with E-state index in [9.17, 15) is 0 Å². The van der Waals surface area contributed by atoms with Crippen molar-refractivity contribution < 1.29 is 0 Å². The fourth-order valence-electron chi connectivity index (χ4n) is 3.15. The van der Waals surface area contributed by atoms with E-state index >= 15 is 0 Å². The second kappa shape index (κ2) is 7.67. The van der Waals surface area contributed by atoms with Crippen LogP contribution < -0.4 is 10.6 Å². The van der Waals surface area contributed by atoms with Gasteiger partial charge in [0.25, 0.3) is 0 Å². The second-order valence-corrected chi connectivity index (χ2v) is 7.77. The Labute approximate surface area is 147 Å². The van der Waals surface area contributed by atoms with E-state index in [4.69, 9.17) is 0 Å². The number of nitrogens with one attached hydrogen (secondary N) is 2. The molecule has 2 N–H and O–H groups in total. The molecule has 3 rings (SSSR count). The summed E-state index contributed by atoms with van der Waals surface area (Å²) in [5, 5.41) is 7.11. The van der Waals surface area contributed by atoms with Gasteiger partial charge in [0.2, 0.25) is 0 Å². The number of piperidine rings is 1. The predicted octanol–water partition coefficient (Wildman–Crippen LogP) is 2.99. The highest BCUT2D eigenvalue weighted by Crippen LogP contribution is 2.28. The van der Waals surface area contributed by atoms with E-state index in [-0.39, 0.29) is 0 Å². The summed E-state index contributed by atoms with van der Waals surface area (Å²) in [5.74, 6) is 1.77. The zero-order valence-corrected chi connectivity index (χ0v) is 15.6. The molecule has 1 aromatic carbocycles. The summed E-state index contributed by atoms with van der Waals surface area (Å²) in [7, 11) is 1.87. The summed E-state index contributed by atoms with van der Waals surface area (Å²) in [6.07, 6.45) is 3.63. The highest BCUT2D eigenvalue weighted by Gasteiger charge is 2.33. The van der Waals surface area contributed by atoms with Crippen LogP contribution in [0.1, 0.15) is 31.7 Å². The molecule has 0 spiro atoms. The molecule has 0 amide bonds. The van der Waals surface area contributed by atoms with Crippen LogP contribution in [0.25, 0.3) is 0 Å². The van der Waals surface area contributed by atoms with Crippen molar-refractivity contribution in [2.24, 2.45) is 10.9 Å². The van der Waals surface area contributed by atoms with Gasteiger partial charge in [0.05, 0.1) is 0 Å². The fourth-order valence-corrected chi connectivity index (χ4v) is 3.41. The van der Waals surface area contributed by atoms with Crippen molar-refractivity contribution in [3.8, 4) is 0 Å². The van der Waals surface area contributed by atoms with E-state index in [1.165, 1.54) is 24.8 Å². The first-order valence-corrected chi connectivity index (χ1v) is 9.40. The Kier molecular flexibility index (Phi) is 5.59. The molecule has 2 atom stereocenters. The lowest BCUT2D eigenvalue weighted by molar-refractivity contribution is 0.198. The normalized spacial score (nSPS) is 26.1. The fraction of sp³-hybridized carbons (Fsp3) is 0.611. The van der Waals surface area contributed by atoms with Crippen molar-refractivity contribution >= 4 is 21.9 Å². The molecule has 5 heteroatoms. The van der Waals surface area contributed by atoms with Gasteiger partial charge in [-0.15, -0.1) is 0 Å². The summed E-state index contributed by atoms with van der Waals surface area (Å²) < 4.78 is 1.15. The summed E-state index contributed by atoms with van der Waals surface area (Å²) in [4.78, 5) is 6.91. The standard InChI is InChI=1S/C18H27BrN4/c1-13-11-17(13)22-18(20-2)21-16-7-9-23(10-8-16)12-14-3-5-15(19)6-4-14/h3-6,13,16-17H,7-12H2,1-2H3,(H2,20,21,22). The number of benzene rings is 1. The Morgan fingerprint density at radius 2 is 1.87 bits per heavy atom. The Hall–Kier alpha value is -1.07. The molecular weight excluding hydrogens is 352 g/mol. The smallest absolute Gasteiger partial charge is 0.191 e. The van der Waals surface area contributed by atoms with Crippen LogP contribution in [0.5, 0.6) is 0 Å². The van der Waals surface area contributed by atoms with Gasteiger partial charge in [0.15, 0.2) is 5.96 Å². The van der Waals surface area contributed by atoms with Gasteiger partial charge in [-0.1, -0.05) is 35.0 Å². The topological polar surface area (TPSA) is 39.7 Å². The Morgan fingerprint density at radius 1 is 1.22 bits per heavy atom. The maximum atomic E-state index is 4.37. The lowest BCUT2D eigenvalue weighted by atomic mass is 10.0. The van der Waals surface area contributed by atoms with Crippen molar-refractivity contribution in [2.75, 3.05) is 20.1 Å². The number of rotatable bonds is 4. The molecule has 0 aromatic heterocycles. The van der Waals surface area contributed by atoms with E-state index in [1.54, 1.807) is 0 Å². The minimum absolute atomic E-state index is 0.538. The van der Waals surface area contributed by atoms with Crippen molar-refractivity contribution in [2.45, 2.75) is 44.8 Å². The number of guanidine groups is 1. The van der Waals surface area contributed by atoms with E-state index in [0.29, 0.717) is 12.1 Å². The van der Waals surface area contributed by atoms with E-state index in [1.807, 2.05) is 7.05 Å². The SMILES string of the molecule is CN=C(NC1CCN(Cc2ccc(Br)cc2)CC1)NC1CC1C. The van der Waals surface area contributed by atoms with Crippen LogP contribution in [0.3, 0.4) is 0 Å². The Balaban J connectivity index is 1.42. The zero-order chi connectivity index (χ0) is 16.2. The molecule has 1 aromatic rings. The first-order valence-electron chi connectivity index (χ1n) is 8.60. The van der Waals surface area contributed by atoms with Crippen molar-refractivity contribution in [3.63, 3.8) is 0 Å². The van der Waals surface area contributed by atoms with Crippen LogP contribution in [-0.2, 0) is 6.54 Å². The summed E-state index contributed by atoms with van der Waals surface area (Å²) in [6.45, 7) is 5.62. The third kappa shape index (κ3) is 4.95. The van der Waals surface area contributed by atoms with Gasteiger partial charge >= 0.3 is 0 Å². The number of aliphatic imine (C=N–C) groups is 1. The lowest BCUT2D eigenvalue weighted by Gasteiger charge is -2.33. The molecule has 23 heavy (non-hydrogen) atoms. The zero-order valence-electron chi connectivity index (χ0n) is 14.1. The van der Waals surface area contributed by atoms with Gasteiger partial charge in [-0.25, -0.2) is 0 Å². The molecule has 126 valence electrons. The molecule has 0 radical (unpaired) electrons. The minimum atomic E-state index is 0.538. The highest BCUT2D eigenvalue weighted by molar-refractivity contribution is 9.10. The van der Waals surface area contributed by atoms with Gasteiger partial charge in [0, 0.05) is 43.2 Å². The van der Waals surface area contributed by atoms with Crippen LogP contribution in [0.4, 0.5) is 0 Å². The quantitative estimate of drug-likeness (QED) is 0.624. The third-order valence-corrected chi connectivity index (χ3v) is 5.43. The van der Waals surface area contributed by atoms with Crippen LogP contribution in [0.15, 0.2) is 33.7 Å². The Bertz CT molecular complexity index is 534. The van der Waals surface area contributed by atoms with Crippen LogP contribution in [0.2, 0.25) is 0 Å². The number of halogens is 1. The molecule has 1 heterocycles. The molecule has 1 saturated carbocycles. The maximum Gasteiger partial charge on any atom is 0.191 e. The van der Waals surface area contributed by atoms with Gasteiger partial charge in [0.1, 0.15) is 0 Å². The lowest BCUT2D eigenvalue weighted by Crippen LogP contribution is -2.49. The predicted molar refractivity (Wildman–Crippen MR) is 99.6 cm³/mol. The number of nitrogens with zero attached hydrogens (tertiary/aromatic N) is 2. The van der Waals surface area contributed by atoms with Gasteiger partial charge < -0.3 is 10.6 Å². The number of hydrogen-bond donors (Lipinski definition) is 2. The first kappa shape index (κ1) is 16.8. The van der Waals surface area contributed by atoms with Crippen LogP contribution in [-0.4, -0.2) is 43.1 Å². The summed E-state index contributed by atoms with van der Waals surface area (Å²) in [5.41, 5.74) is 1.39. The molecule has 4 nitrogen and oxygen atoms in total.